The summed E-state index contributed by atoms with van der Waals surface area (Å²) in [5.41, 5.74) is -1.27. The third kappa shape index (κ3) is 5.97. The van der Waals surface area contributed by atoms with Gasteiger partial charge in [-0.25, -0.2) is 0 Å². The highest BCUT2D eigenvalue weighted by Crippen LogP contribution is 2.31. The van der Waals surface area contributed by atoms with Gasteiger partial charge in [-0.3, -0.25) is 4.79 Å². The van der Waals surface area contributed by atoms with Gasteiger partial charge in [0.25, 0.3) is 5.89 Å². The SMILES string of the molecule is CN(CCc1noc(COc2cccc(C(F)(F)F)c2)n1)C(=O)C(C)(C)C. The lowest BCUT2D eigenvalue weighted by atomic mass is 9.95. The highest BCUT2D eigenvalue weighted by atomic mass is 19.4. The van der Waals surface area contributed by atoms with E-state index in [-0.39, 0.29) is 24.2 Å². The molecule has 0 radical (unpaired) electrons. The van der Waals surface area contributed by atoms with Crippen molar-refractivity contribution in [3.8, 4) is 5.75 Å². The molecule has 0 fully saturated rings. The van der Waals surface area contributed by atoms with Crippen molar-refractivity contribution < 1.29 is 27.2 Å². The first-order valence-electron chi connectivity index (χ1n) is 8.34. The first kappa shape index (κ1) is 20.7. The maximum Gasteiger partial charge on any atom is 0.416 e. The number of amides is 1. The monoisotopic (exact) mass is 385 g/mol. The van der Waals surface area contributed by atoms with Gasteiger partial charge in [-0.05, 0) is 18.2 Å². The molecule has 0 bridgehead atoms. The summed E-state index contributed by atoms with van der Waals surface area (Å²) >= 11 is 0. The first-order valence-corrected chi connectivity index (χ1v) is 8.34. The van der Waals surface area contributed by atoms with Crippen LogP contribution in [0.1, 0.15) is 38.0 Å². The maximum atomic E-state index is 12.7. The minimum Gasteiger partial charge on any atom is -0.484 e. The van der Waals surface area contributed by atoms with E-state index in [0.717, 1.165) is 12.1 Å². The number of alkyl halides is 3. The molecule has 2 aromatic rings. The smallest absolute Gasteiger partial charge is 0.416 e. The van der Waals surface area contributed by atoms with Crippen LogP contribution in [0.3, 0.4) is 0 Å². The van der Waals surface area contributed by atoms with Gasteiger partial charge in [0.15, 0.2) is 12.4 Å². The standard InChI is InChI=1S/C18H22F3N3O3/c1-17(2,3)16(25)24(4)9-8-14-22-15(27-23-14)11-26-13-7-5-6-12(10-13)18(19,20)21/h5-7,10H,8-9,11H2,1-4H3. The summed E-state index contributed by atoms with van der Waals surface area (Å²) in [5, 5.41) is 3.79. The van der Waals surface area contributed by atoms with Gasteiger partial charge < -0.3 is 14.2 Å². The Morgan fingerprint density at radius 3 is 2.59 bits per heavy atom. The molecule has 0 saturated carbocycles. The molecule has 0 N–H and O–H groups in total. The summed E-state index contributed by atoms with van der Waals surface area (Å²) in [6, 6.07) is 4.55. The lowest BCUT2D eigenvalue weighted by molar-refractivity contribution is -0.138. The molecule has 0 saturated heterocycles. The Balaban J connectivity index is 1.89. The molecule has 27 heavy (non-hydrogen) atoms. The largest absolute Gasteiger partial charge is 0.484 e. The minimum atomic E-state index is -4.44. The number of hydrogen-bond donors (Lipinski definition) is 0. The van der Waals surface area contributed by atoms with E-state index in [9.17, 15) is 18.0 Å². The molecule has 0 unspecified atom stereocenters. The van der Waals surface area contributed by atoms with Crippen LogP contribution in [0.2, 0.25) is 0 Å². The lowest BCUT2D eigenvalue weighted by Crippen LogP contribution is -2.37. The fourth-order valence-corrected chi connectivity index (χ4v) is 2.30. The number of carbonyl (C=O) groups excluding carboxylic acids is 1. The van der Waals surface area contributed by atoms with Gasteiger partial charge in [0.2, 0.25) is 5.91 Å². The molecule has 1 amide bonds. The summed E-state index contributed by atoms with van der Waals surface area (Å²) in [4.78, 5) is 17.8. The van der Waals surface area contributed by atoms with E-state index in [1.165, 1.54) is 12.1 Å². The molecule has 148 valence electrons. The number of rotatable bonds is 6. The summed E-state index contributed by atoms with van der Waals surface area (Å²) in [6.07, 6.45) is -4.04. The quantitative estimate of drug-likeness (QED) is 0.758. The van der Waals surface area contributed by atoms with Gasteiger partial charge in [0.1, 0.15) is 5.75 Å². The molecule has 2 rings (SSSR count). The van der Waals surface area contributed by atoms with Crippen LogP contribution in [0.15, 0.2) is 28.8 Å². The van der Waals surface area contributed by atoms with E-state index in [0.29, 0.717) is 18.8 Å². The Morgan fingerprint density at radius 2 is 1.96 bits per heavy atom. The third-order valence-electron chi connectivity index (χ3n) is 3.69. The summed E-state index contributed by atoms with van der Waals surface area (Å²) < 4.78 is 48.4. The van der Waals surface area contributed by atoms with Crippen LogP contribution < -0.4 is 4.74 Å². The Labute approximate surface area is 155 Å². The first-order chi connectivity index (χ1) is 12.5. The molecular formula is C18H22F3N3O3. The van der Waals surface area contributed by atoms with Gasteiger partial charge >= 0.3 is 6.18 Å². The molecule has 1 heterocycles. The molecule has 9 heteroatoms. The van der Waals surface area contributed by atoms with Crippen LogP contribution in [0.25, 0.3) is 0 Å². The number of benzene rings is 1. The van der Waals surface area contributed by atoms with Crippen molar-refractivity contribution in [2.45, 2.75) is 40.0 Å². The second-order valence-corrected chi connectivity index (χ2v) is 7.15. The average Bonchev–Trinajstić information content (AvgIpc) is 3.04. The van der Waals surface area contributed by atoms with E-state index in [1.54, 1.807) is 11.9 Å². The second-order valence-electron chi connectivity index (χ2n) is 7.15. The van der Waals surface area contributed by atoms with Crippen molar-refractivity contribution in [1.29, 1.82) is 0 Å². The van der Waals surface area contributed by atoms with Crippen molar-refractivity contribution in [3.05, 3.63) is 41.5 Å². The Hall–Kier alpha value is -2.58. The number of likely N-dealkylation sites (N-methyl/N-ethyl adjacent to an activating group) is 1. The Bertz CT molecular complexity index is 782. The van der Waals surface area contributed by atoms with Gasteiger partial charge in [0, 0.05) is 25.4 Å². The average molecular weight is 385 g/mol. The molecule has 6 nitrogen and oxygen atoms in total. The van der Waals surface area contributed by atoms with Crippen molar-refractivity contribution >= 4 is 5.91 Å². The van der Waals surface area contributed by atoms with Crippen LogP contribution in [-0.4, -0.2) is 34.5 Å². The molecule has 1 aromatic heterocycles. The maximum absolute atomic E-state index is 12.7. The van der Waals surface area contributed by atoms with Crippen LogP contribution in [0.4, 0.5) is 13.2 Å². The predicted octanol–water partition coefficient (Wildman–Crippen LogP) is 3.71. The molecule has 0 aliphatic rings. The van der Waals surface area contributed by atoms with Crippen LogP contribution in [0.5, 0.6) is 5.75 Å². The van der Waals surface area contributed by atoms with Crippen LogP contribution in [-0.2, 0) is 24.0 Å². The number of carbonyl (C=O) groups is 1. The topological polar surface area (TPSA) is 68.5 Å². The molecular weight excluding hydrogens is 363 g/mol. The van der Waals surface area contributed by atoms with E-state index in [4.69, 9.17) is 9.26 Å². The van der Waals surface area contributed by atoms with Crippen molar-refractivity contribution in [2.75, 3.05) is 13.6 Å². The summed E-state index contributed by atoms with van der Waals surface area (Å²) in [5.74, 6) is 0.595. The zero-order valence-corrected chi connectivity index (χ0v) is 15.6. The highest BCUT2D eigenvalue weighted by molar-refractivity contribution is 5.81. The number of nitrogens with zero attached hydrogens (tertiary/aromatic N) is 3. The van der Waals surface area contributed by atoms with Crippen molar-refractivity contribution in [1.82, 2.24) is 15.0 Å². The van der Waals surface area contributed by atoms with Gasteiger partial charge in [0.05, 0.1) is 5.56 Å². The van der Waals surface area contributed by atoms with Crippen molar-refractivity contribution in [3.63, 3.8) is 0 Å². The van der Waals surface area contributed by atoms with E-state index in [1.807, 2.05) is 20.8 Å². The van der Waals surface area contributed by atoms with Gasteiger partial charge in [-0.2, -0.15) is 18.2 Å². The van der Waals surface area contributed by atoms with Crippen molar-refractivity contribution in [2.24, 2.45) is 5.41 Å². The second kappa shape index (κ2) is 7.98. The highest BCUT2D eigenvalue weighted by Gasteiger charge is 2.30. The third-order valence-corrected chi connectivity index (χ3v) is 3.69. The fourth-order valence-electron chi connectivity index (χ4n) is 2.30. The molecule has 0 aliphatic heterocycles. The van der Waals surface area contributed by atoms with E-state index >= 15 is 0 Å². The van der Waals surface area contributed by atoms with Gasteiger partial charge in [-0.1, -0.05) is 32.0 Å². The zero-order valence-electron chi connectivity index (χ0n) is 15.6. The van der Waals surface area contributed by atoms with Crippen LogP contribution >= 0.6 is 0 Å². The molecule has 0 spiro atoms. The number of ether oxygens (including phenoxy) is 1. The minimum absolute atomic E-state index is 0.000835. The fraction of sp³-hybridized carbons (Fsp3) is 0.500. The predicted molar refractivity (Wildman–Crippen MR) is 90.9 cm³/mol. The molecule has 0 aliphatic carbocycles. The lowest BCUT2D eigenvalue weighted by Gasteiger charge is -2.25. The number of aromatic nitrogens is 2. The Morgan fingerprint density at radius 1 is 1.26 bits per heavy atom. The van der Waals surface area contributed by atoms with E-state index < -0.39 is 17.2 Å². The zero-order chi connectivity index (χ0) is 20.2. The normalized spacial score (nSPS) is 12.1. The molecule has 0 atom stereocenters. The number of hydrogen-bond acceptors (Lipinski definition) is 5. The number of halogens is 3. The summed E-state index contributed by atoms with van der Waals surface area (Å²) in [6.45, 7) is 5.78. The van der Waals surface area contributed by atoms with Gasteiger partial charge in [-0.15, -0.1) is 0 Å². The Kier molecular flexibility index (Phi) is 6.12. The van der Waals surface area contributed by atoms with E-state index in [2.05, 4.69) is 10.1 Å². The van der Waals surface area contributed by atoms with Crippen LogP contribution in [0, 0.1) is 5.41 Å². The summed E-state index contributed by atoms with van der Waals surface area (Å²) in [7, 11) is 1.70. The molecule has 1 aromatic carbocycles.